The molecule has 1 aliphatic heterocycles. The minimum atomic E-state index is -0.349. The van der Waals surface area contributed by atoms with Gasteiger partial charge in [-0.3, -0.25) is 4.90 Å². The van der Waals surface area contributed by atoms with E-state index in [1.165, 1.54) is 0 Å². The fourth-order valence-electron chi connectivity index (χ4n) is 3.76. The van der Waals surface area contributed by atoms with E-state index in [0.29, 0.717) is 17.7 Å². The molecule has 1 fully saturated rings. The van der Waals surface area contributed by atoms with Crippen LogP contribution in [0.25, 0.3) is 0 Å². The number of esters is 2. The number of piperidine rings is 1. The molecule has 5 nitrogen and oxygen atoms in total. The van der Waals surface area contributed by atoms with Gasteiger partial charge in [0.1, 0.15) is 12.2 Å². The lowest BCUT2D eigenvalue weighted by Crippen LogP contribution is -2.64. The van der Waals surface area contributed by atoms with Crippen LogP contribution in [0.5, 0.6) is 0 Å². The lowest BCUT2D eigenvalue weighted by Gasteiger charge is -2.55. The molecule has 1 rings (SSSR count). The Morgan fingerprint density at radius 1 is 1.04 bits per heavy atom. The second-order valence-corrected chi connectivity index (χ2v) is 8.67. The third-order valence-electron chi connectivity index (χ3n) is 5.00. The number of hydrogen-bond acceptors (Lipinski definition) is 5. The first-order valence-electron chi connectivity index (χ1n) is 9.31. The highest BCUT2D eigenvalue weighted by Crippen LogP contribution is 2.40. The Hall–Kier alpha value is -1.62. The molecule has 5 heteroatoms. The highest BCUT2D eigenvalue weighted by Gasteiger charge is 2.47. The molecule has 0 aliphatic carbocycles. The molecule has 1 heterocycles. The quantitative estimate of drug-likeness (QED) is 0.504. The van der Waals surface area contributed by atoms with Crippen LogP contribution in [-0.2, 0) is 19.1 Å². The summed E-state index contributed by atoms with van der Waals surface area (Å²) in [6.07, 6.45) is 1.82. The summed E-state index contributed by atoms with van der Waals surface area (Å²) >= 11 is 0. The molecule has 0 bridgehead atoms. The Bertz CT molecular complexity index is 559. The predicted molar refractivity (Wildman–Crippen MR) is 104 cm³/mol. The maximum atomic E-state index is 11.9. The van der Waals surface area contributed by atoms with E-state index in [1.807, 2.05) is 6.92 Å². The maximum Gasteiger partial charge on any atom is 0.333 e. The number of nitrogens with zero attached hydrogens (tertiary/aromatic N) is 1. The second-order valence-electron chi connectivity index (χ2n) is 8.67. The van der Waals surface area contributed by atoms with E-state index in [-0.39, 0.29) is 35.2 Å². The first-order valence-corrected chi connectivity index (χ1v) is 9.31. The smallest absolute Gasteiger partial charge is 0.333 e. The molecule has 0 aromatic heterocycles. The van der Waals surface area contributed by atoms with Crippen molar-refractivity contribution in [3.8, 4) is 0 Å². The zero-order valence-electron chi connectivity index (χ0n) is 17.5. The van der Waals surface area contributed by atoms with Gasteiger partial charge in [-0.2, -0.15) is 0 Å². The lowest BCUT2D eigenvalue weighted by atomic mass is 9.77. The summed E-state index contributed by atoms with van der Waals surface area (Å²) in [5.41, 5.74) is 0.420. The Kier molecular flexibility index (Phi) is 7.23. The standard InChI is InChI=1S/C21H35NO4/c1-10-16(25-18(23)14(2)3)13-22-20(6,7)11-17(12-21(22,8)9)26-19(24)15(4)5/h16-17H,2,4,10-13H2,1,3,5-9H3. The summed E-state index contributed by atoms with van der Waals surface area (Å²) < 4.78 is 11.2. The molecule has 0 saturated carbocycles. The third-order valence-corrected chi connectivity index (χ3v) is 5.00. The van der Waals surface area contributed by atoms with Crippen LogP contribution in [0, 0.1) is 0 Å². The van der Waals surface area contributed by atoms with Crippen molar-refractivity contribution in [3.63, 3.8) is 0 Å². The van der Waals surface area contributed by atoms with Crippen LogP contribution in [-0.4, -0.2) is 46.7 Å². The van der Waals surface area contributed by atoms with Crippen molar-refractivity contribution in [2.45, 2.75) is 91.0 Å². The fraction of sp³-hybridized carbons (Fsp3) is 0.714. The number of carbonyl (C=O) groups is 2. The molecule has 148 valence electrons. The van der Waals surface area contributed by atoms with Crippen LogP contribution in [0.15, 0.2) is 24.3 Å². The highest BCUT2D eigenvalue weighted by atomic mass is 16.5. The summed E-state index contributed by atoms with van der Waals surface area (Å²) in [5, 5.41) is 0. The summed E-state index contributed by atoms with van der Waals surface area (Å²) in [7, 11) is 0. The van der Waals surface area contributed by atoms with Gasteiger partial charge in [0.25, 0.3) is 0 Å². The molecule has 0 N–H and O–H groups in total. The van der Waals surface area contributed by atoms with Gasteiger partial charge >= 0.3 is 11.9 Å². The fourth-order valence-corrected chi connectivity index (χ4v) is 3.76. The molecular formula is C21H35NO4. The number of likely N-dealkylation sites (tertiary alicyclic amines) is 1. The van der Waals surface area contributed by atoms with Gasteiger partial charge in [-0.1, -0.05) is 20.1 Å². The van der Waals surface area contributed by atoms with E-state index in [1.54, 1.807) is 13.8 Å². The van der Waals surface area contributed by atoms with Crippen LogP contribution >= 0.6 is 0 Å². The molecule has 0 aromatic rings. The SMILES string of the molecule is C=C(C)C(=O)OC(CC)CN1C(C)(C)CC(OC(=O)C(=C)C)CC1(C)C. The first kappa shape index (κ1) is 22.4. The van der Waals surface area contributed by atoms with Crippen molar-refractivity contribution in [2.75, 3.05) is 6.54 Å². The normalized spacial score (nSPS) is 20.9. The van der Waals surface area contributed by atoms with Gasteiger partial charge in [-0.15, -0.1) is 0 Å². The highest BCUT2D eigenvalue weighted by molar-refractivity contribution is 5.87. The van der Waals surface area contributed by atoms with Crippen molar-refractivity contribution >= 4 is 11.9 Å². The van der Waals surface area contributed by atoms with E-state index in [9.17, 15) is 9.59 Å². The van der Waals surface area contributed by atoms with E-state index in [4.69, 9.17) is 9.47 Å². The van der Waals surface area contributed by atoms with Crippen LogP contribution in [0.3, 0.4) is 0 Å². The summed E-state index contributed by atoms with van der Waals surface area (Å²) in [5.74, 6) is -0.686. The van der Waals surface area contributed by atoms with Crippen LogP contribution in [0.4, 0.5) is 0 Å². The Morgan fingerprint density at radius 2 is 1.50 bits per heavy atom. The number of carbonyl (C=O) groups excluding carboxylic acids is 2. The molecule has 0 radical (unpaired) electrons. The molecule has 1 aliphatic rings. The lowest BCUT2D eigenvalue weighted by molar-refractivity contribution is -0.162. The third kappa shape index (κ3) is 5.70. The number of rotatable bonds is 7. The molecule has 1 atom stereocenters. The molecule has 0 aromatic carbocycles. The van der Waals surface area contributed by atoms with Gasteiger partial charge in [0.05, 0.1) is 0 Å². The Balaban J connectivity index is 2.92. The van der Waals surface area contributed by atoms with Crippen molar-refractivity contribution in [1.29, 1.82) is 0 Å². The topological polar surface area (TPSA) is 55.8 Å². The van der Waals surface area contributed by atoms with Crippen LogP contribution < -0.4 is 0 Å². The summed E-state index contributed by atoms with van der Waals surface area (Å²) in [4.78, 5) is 26.2. The number of hydrogen-bond donors (Lipinski definition) is 0. The van der Waals surface area contributed by atoms with Crippen LogP contribution in [0.1, 0.15) is 67.7 Å². The van der Waals surface area contributed by atoms with Crippen molar-refractivity contribution in [1.82, 2.24) is 4.90 Å². The molecule has 1 unspecified atom stereocenters. The van der Waals surface area contributed by atoms with E-state index in [0.717, 1.165) is 19.3 Å². The molecule has 1 saturated heterocycles. The van der Waals surface area contributed by atoms with Crippen molar-refractivity contribution in [3.05, 3.63) is 24.3 Å². The minimum absolute atomic E-state index is 0.154. The van der Waals surface area contributed by atoms with Gasteiger partial charge in [-0.25, -0.2) is 9.59 Å². The average molecular weight is 366 g/mol. The van der Waals surface area contributed by atoms with Crippen molar-refractivity contribution < 1.29 is 19.1 Å². The van der Waals surface area contributed by atoms with E-state index < -0.39 is 0 Å². The Labute approximate surface area is 158 Å². The zero-order valence-corrected chi connectivity index (χ0v) is 17.5. The molecule has 0 spiro atoms. The van der Waals surface area contributed by atoms with Gasteiger partial charge in [0.15, 0.2) is 0 Å². The molecular weight excluding hydrogens is 330 g/mol. The zero-order chi connectivity index (χ0) is 20.3. The van der Waals surface area contributed by atoms with E-state index >= 15 is 0 Å². The largest absolute Gasteiger partial charge is 0.459 e. The summed E-state index contributed by atoms with van der Waals surface area (Å²) in [6, 6.07) is 0. The average Bonchev–Trinajstić information content (AvgIpc) is 2.48. The van der Waals surface area contributed by atoms with Gasteiger partial charge in [0, 0.05) is 41.6 Å². The first-order chi connectivity index (χ1) is 11.8. The van der Waals surface area contributed by atoms with E-state index in [2.05, 4.69) is 45.8 Å². The molecule has 0 amide bonds. The predicted octanol–water partition coefficient (Wildman–Crippen LogP) is 4.03. The van der Waals surface area contributed by atoms with Crippen molar-refractivity contribution in [2.24, 2.45) is 0 Å². The Morgan fingerprint density at radius 3 is 1.88 bits per heavy atom. The number of ether oxygens (including phenoxy) is 2. The van der Waals surface area contributed by atoms with Gasteiger partial charge in [0.2, 0.25) is 0 Å². The molecule has 26 heavy (non-hydrogen) atoms. The second kappa shape index (κ2) is 8.38. The minimum Gasteiger partial charge on any atom is -0.459 e. The van der Waals surface area contributed by atoms with Crippen LogP contribution in [0.2, 0.25) is 0 Å². The monoisotopic (exact) mass is 365 g/mol. The maximum absolute atomic E-state index is 11.9. The van der Waals surface area contributed by atoms with Gasteiger partial charge in [-0.05, 0) is 48.0 Å². The summed E-state index contributed by atoms with van der Waals surface area (Å²) in [6.45, 7) is 21.8. The van der Waals surface area contributed by atoms with Gasteiger partial charge < -0.3 is 9.47 Å².